The van der Waals surface area contributed by atoms with Crippen LogP contribution in [-0.4, -0.2) is 34.5 Å². The van der Waals surface area contributed by atoms with Gasteiger partial charge in [-0.3, -0.25) is 19.1 Å². The molecule has 0 radical (unpaired) electrons. The van der Waals surface area contributed by atoms with Crippen molar-refractivity contribution >= 4 is 5.91 Å². The molecule has 1 aromatic heterocycles. The van der Waals surface area contributed by atoms with Crippen LogP contribution in [0, 0.1) is 5.92 Å². The third kappa shape index (κ3) is 1.61. The monoisotopic (exact) mass is 361 g/mol. The van der Waals surface area contributed by atoms with Gasteiger partial charge < -0.3 is 5.73 Å². The van der Waals surface area contributed by atoms with Crippen molar-refractivity contribution in [2.24, 2.45) is 11.7 Å². The number of carbonyl (C=O) groups excluding carboxylic acids is 1. The minimum atomic E-state index is -0.621. The smallest absolute Gasteiger partial charge is 0.268 e. The Morgan fingerprint density at radius 2 is 2.15 bits per heavy atom. The van der Waals surface area contributed by atoms with Gasteiger partial charge in [-0.05, 0) is 54.5 Å². The maximum Gasteiger partial charge on any atom is 0.268 e. The second-order valence-corrected chi connectivity index (χ2v) is 8.63. The fourth-order valence-corrected chi connectivity index (χ4v) is 6.73. The van der Waals surface area contributed by atoms with E-state index in [-0.39, 0.29) is 16.5 Å². The zero-order valence-electron chi connectivity index (χ0n) is 15.4. The fourth-order valence-electron chi connectivity index (χ4n) is 6.73. The minimum absolute atomic E-state index is 0.115. The molecule has 4 heterocycles. The Labute approximate surface area is 157 Å². The standard InChI is InChI=1S/C22H23N3O2/c1-2-12-11-24-8-7-22-16-5-3-4-6-17(16)25-19(22)14(13(12)10-18(22)24)9-15(20(23)26)21(25)27/h3-6,9,12-13,18H,2,7-8,10-11H2,1H3,(H2,23,26)/t12-,13-,18+,22-/m1/s1. The number of fused-ring (bicyclic) bond motifs is 4. The maximum absolute atomic E-state index is 13.3. The highest BCUT2D eigenvalue weighted by Gasteiger charge is 2.62. The van der Waals surface area contributed by atoms with E-state index >= 15 is 0 Å². The first-order valence-electron chi connectivity index (χ1n) is 10.0. The van der Waals surface area contributed by atoms with Gasteiger partial charge in [0.05, 0.1) is 11.1 Å². The van der Waals surface area contributed by atoms with Gasteiger partial charge in [0.15, 0.2) is 0 Å². The van der Waals surface area contributed by atoms with Crippen molar-refractivity contribution in [1.82, 2.24) is 9.47 Å². The highest BCUT2D eigenvalue weighted by Crippen LogP contribution is 2.61. The number of pyridine rings is 1. The number of nitrogens with zero attached hydrogens (tertiary/aromatic N) is 2. The van der Waals surface area contributed by atoms with Gasteiger partial charge in [-0.15, -0.1) is 0 Å². The summed E-state index contributed by atoms with van der Waals surface area (Å²) < 4.78 is 1.84. The lowest BCUT2D eigenvalue weighted by Gasteiger charge is -2.50. The van der Waals surface area contributed by atoms with Crippen LogP contribution in [0.4, 0.5) is 0 Å². The van der Waals surface area contributed by atoms with E-state index in [2.05, 4.69) is 24.0 Å². The molecule has 0 unspecified atom stereocenters. The summed E-state index contributed by atoms with van der Waals surface area (Å²) in [7, 11) is 0. The number of amides is 1. The Hall–Kier alpha value is -2.40. The van der Waals surface area contributed by atoms with Crippen LogP contribution in [-0.2, 0) is 5.41 Å². The molecule has 5 heteroatoms. The summed E-state index contributed by atoms with van der Waals surface area (Å²) in [5.41, 5.74) is 9.94. The van der Waals surface area contributed by atoms with E-state index in [4.69, 9.17) is 5.73 Å². The second kappa shape index (κ2) is 4.90. The SMILES string of the molecule is CC[C@@H]1CN2CC[C@]34c5ccccc5-n5c3c(cc(C(N)=O)c5=O)[C@@H]1C[C@H]24. The van der Waals surface area contributed by atoms with Crippen molar-refractivity contribution < 1.29 is 4.79 Å². The molecule has 3 aliphatic heterocycles. The first-order valence-corrected chi connectivity index (χ1v) is 10.0. The van der Waals surface area contributed by atoms with Crippen LogP contribution in [0.2, 0.25) is 0 Å². The third-order valence-electron chi connectivity index (χ3n) is 7.79. The highest BCUT2D eigenvalue weighted by molar-refractivity contribution is 5.93. The van der Waals surface area contributed by atoms with Gasteiger partial charge in [-0.2, -0.15) is 0 Å². The summed E-state index contributed by atoms with van der Waals surface area (Å²) in [6.45, 7) is 4.44. The van der Waals surface area contributed by atoms with Gasteiger partial charge in [0, 0.05) is 18.3 Å². The van der Waals surface area contributed by atoms with E-state index in [1.807, 2.05) is 22.8 Å². The lowest BCUT2D eigenvalue weighted by molar-refractivity contribution is 0.0899. The average Bonchev–Trinajstić information content (AvgIpc) is 3.21. The molecule has 4 aliphatic rings. The topological polar surface area (TPSA) is 68.3 Å². The normalized spacial score (nSPS) is 32.3. The molecular weight excluding hydrogens is 338 g/mol. The predicted octanol–water partition coefficient (Wildman–Crippen LogP) is 2.14. The van der Waals surface area contributed by atoms with E-state index in [0.717, 1.165) is 43.7 Å². The Kier molecular flexibility index (Phi) is 2.84. The molecule has 1 aromatic carbocycles. The number of carbonyl (C=O) groups is 1. The number of piperidine rings is 1. The summed E-state index contributed by atoms with van der Waals surface area (Å²) >= 11 is 0. The molecule has 6 rings (SSSR count). The van der Waals surface area contributed by atoms with Crippen molar-refractivity contribution in [1.29, 1.82) is 0 Å². The lowest BCUT2D eigenvalue weighted by Crippen LogP contribution is -2.54. The number of aromatic nitrogens is 1. The van der Waals surface area contributed by atoms with Crippen LogP contribution in [0.25, 0.3) is 5.69 Å². The van der Waals surface area contributed by atoms with Crippen molar-refractivity contribution in [3.8, 4) is 5.69 Å². The second-order valence-electron chi connectivity index (χ2n) is 8.63. The van der Waals surface area contributed by atoms with Gasteiger partial charge in [-0.25, -0.2) is 0 Å². The molecule has 2 saturated heterocycles. The molecule has 2 aromatic rings. The van der Waals surface area contributed by atoms with Crippen molar-refractivity contribution in [3.05, 3.63) is 63.1 Å². The number of nitrogens with two attached hydrogens (primary N) is 1. The van der Waals surface area contributed by atoms with E-state index in [9.17, 15) is 9.59 Å². The summed E-state index contributed by atoms with van der Waals surface area (Å²) in [6, 6.07) is 10.6. The van der Waals surface area contributed by atoms with E-state index in [1.165, 1.54) is 11.1 Å². The van der Waals surface area contributed by atoms with Crippen LogP contribution in [0.5, 0.6) is 0 Å². The summed E-state index contributed by atoms with van der Waals surface area (Å²) in [6.07, 6.45) is 3.26. The van der Waals surface area contributed by atoms with E-state index < -0.39 is 5.91 Å². The molecule has 5 nitrogen and oxygen atoms in total. The van der Waals surface area contributed by atoms with Gasteiger partial charge in [0.2, 0.25) is 0 Å². The molecule has 1 amide bonds. The molecule has 1 aliphatic carbocycles. The molecule has 27 heavy (non-hydrogen) atoms. The molecular formula is C22H23N3O2. The number of para-hydroxylation sites is 1. The average molecular weight is 361 g/mol. The van der Waals surface area contributed by atoms with Crippen LogP contribution in [0.1, 0.15) is 59.3 Å². The number of benzene rings is 1. The molecule has 2 N–H and O–H groups in total. The Balaban J connectivity index is 1.79. The first kappa shape index (κ1) is 15.6. The van der Waals surface area contributed by atoms with Gasteiger partial charge in [-0.1, -0.05) is 31.5 Å². The predicted molar refractivity (Wildman–Crippen MR) is 102 cm³/mol. The Morgan fingerprint density at radius 1 is 1.33 bits per heavy atom. The third-order valence-corrected chi connectivity index (χ3v) is 7.79. The Morgan fingerprint density at radius 3 is 2.93 bits per heavy atom. The Bertz CT molecular complexity index is 1070. The summed E-state index contributed by atoms with van der Waals surface area (Å²) in [5, 5.41) is 0. The molecule has 2 bridgehead atoms. The van der Waals surface area contributed by atoms with E-state index in [0.29, 0.717) is 17.9 Å². The maximum atomic E-state index is 13.3. The van der Waals surface area contributed by atoms with E-state index in [1.54, 1.807) is 0 Å². The quantitative estimate of drug-likeness (QED) is 0.891. The largest absolute Gasteiger partial charge is 0.365 e. The minimum Gasteiger partial charge on any atom is -0.365 e. The van der Waals surface area contributed by atoms with Crippen molar-refractivity contribution in [2.75, 3.05) is 13.1 Å². The van der Waals surface area contributed by atoms with Crippen LogP contribution in [0.15, 0.2) is 35.1 Å². The number of hydrogen-bond donors (Lipinski definition) is 1. The van der Waals surface area contributed by atoms with Gasteiger partial charge in [0.1, 0.15) is 5.56 Å². The van der Waals surface area contributed by atoms with Gasteiger partial charge >= 0.3 is 0 Å². The highest BCUT2D eigenvalue weighted by atomic mass is 16.2. The van der Waals surface area contributed by atoms with Crippen LogP contribution in [0.3, 0.4) is 0 Å². The molecule has 4 atom stereocenters. The molecule has 1 spiro atoms. The first-order chi connectivity index (χ1) is 13.1. The zero-order valence-corrected chi connectivity index (χ0v) is 15.4. The lowest BCUT2D eigenvalue weighted by atomic mass is 9.60. The molecule has 2 fully saturated rings. The summed E-state index contributed by atoms with van der Waals surface area (Å²) in [5.74, 6) is 0.338. The van der Waals surface area contributed by atoms with Crippen LogP contribution >= 0.6 is 0 Å². The number of rotatable bonds is 2. The van der Waals surface area contributed by atoms with Crippen molar-refractivity contribution in [3.63, 3.8) is 0 Å². The van der Waals surface area contributed by atoms with Crippen LogP contribution < -0.4 is 11.3 Å². The van der Waals surface area contributed by atoms with Crippen molar-refractivity contribution in [2.45, 2.75) is 43.6 Å². The molecule has 138 valence electrons. The number of primary amides is 1. The zero-order chi connectivity index (χ0) is 18.5. The number of hydrogen-bond acceptors (Lipinski definition) is 3. The fraction of sp³-hybridized carbons (Fsp3) is 0.455. The van der Waals surface area contributed by atoms with Gasteiger partial charge in [0.25, 0.3) is 11.5 Å². The molecule has 0 saturated carbocycles. The summed E-state index contributed by atoms with van der Waals surface area (Å²) in [4.78, 5) is 28.0.